The normalized spacial score (nSPS) is 11.8. The van der Waals surface area contributed by atoms with Gasteiger partial charge in [0.1, 0.15) is 11.2 Å². The maximum absolute atomic E-state index is 6.59. The molecule has 0 radical (unpaired) electrons. The highest BCUT2D eigenvalue weighted by atomic mass is 32.1. The molecule has 0 N–H and O–H groups in total. The minimum atomic E-state index is 0.602. The molecule has 0 spiro atoms. The van der Waals surface area contributed by atoms with E-state index in [2.05, 4.69) is 158 Å². The van der Waals surface area contributed by atoms with Crippen LogP contribution in [0.25, 0.3) is 120 Å². The highest BCUT2D eigenvalue weighted by Gasteiger charge is 2.20. The second-order valence-electron chi connectivity index (χ2n) is 14.7. The number of benzene rings is 9. The number of hydrogen-bond acceptors (Lipinski definition) is 5. The van der Waals surface area contributed by atoms with E-state index in [-0.39, 0.29) is 0 Å². The summed E-state index contributed by atoms with van der Waals surface area (Å²) in [4.78, 5) is 15.5. The molecule has 0 fully saturated rings. The molecule has 12 aromatic rings. The summed E-state index contributed by atoms with van der Waals surface area (Å²) in [5, 5.41) is 9.42. The largest absolute Gasteiger partial charge is 0.456 e. The van der Waals surface area contributed by atoms with Crippen LogP contribution in [-0.2, 0) is 0 Å². The van der Waals surface area contributed by atoms with Crippen molar-refractivity contribution in [1.29, 1.82) is 0 Å². The van der Waals surface area contributed by atoms with Gasteiger partial charge in [-0.1, -0.05) is 158 Å². The van der Waals surface area contributed by atoms with Crippen molar-refractivity contribution in [2.75, 3.05) is 0 Å². The van der Waals surface area contributed by atoms with E-state index in [4.69, 9.17) is 19.4 Å². The summed E-state index contributed by atoms with van der Waals surface area (Å²) in [5.41, 5.74) is 9.16. The van der Waals surface area contributed by atoms with Crippen LogP contribution in [0.2, 0.25) is 0 Å². The van der Waals surface area contributed by atoms with Gasteiger partial charge in [-0.15, -0.1) is 11.3 Å². The lowest BCUT2D eigenvalue weighted by molar-refractivity contribution is 0.669. The summed E-state index contributed by atoms with van der Waals surface area (Å²) in [5.74, 6) is 1.85. The Morgan fingerprint density at radius 2 is 0.931 bits per heavy atom. The van der Waals surface area contributed by atoms with Crippen LogP contribution in [0, 0.1) is 0 Å². The van der Waals surface area contributed by atoms with Gasteiger partial charge in [0.15, 0.2) is 17.5 Å². The Balaban J connectivity index is 1.02. The molecule has 12 rings (SSSR count). The number of nitrogens with zero attached hydrogens (tertiary/aromatic N) is 3. The average Bonchev–Trinajstić information content (AvgIpc) is 3.86. The standard InChI is InChI=1S/C53H31N3OS/c1-2-14-34(15-3-1)51-54-52(36-27-29-43-48(31-36)58-47-25-11-22-41(50(43)47)40-21-9-17-33-13-5-7-19-38(33)40)56-53(55-51)44-23-10-24-45-49(44)42-28-26-35(30-46(42)57-45)39-20-8-16-32-12-4-6-18-37(32)39/h1-31H. The Kier molecular flexibility index (Phi) is 7.37. The summed E-state index contributed by atoms with van der Waals surface area (Å²) in [6, 6.07) is 66.2. The highest BCUT2D eigenvalue weighted by molar-refractivity contribution is 7.26. The number of hydrogen-bond donors (Lipinski definition) is 0. The van der Waals surface area contributed by atoms with Gasteiger partial charge in [-0.3, -0.25) is 0 Å². The third kappa shape index (κ3) is 5.25. The first kappa shape index (κ1) is 32.7. The molecule has 0 bridgehead atoms. The first-order chi connectivity index (χ1) is 28.7. The van der Waals surface area contributed by atoms with Crippen molar-refractivity contribution in [1.82, 2.24) is 15.0 Å². The van der Waals surface area contributed by atoms with Crippen molar-refractivity contribution in [3.05, 3.63) is 188 Å². The lowest BCUT2D eigenvalue weighted by Crippen LogP contribution is -2.00. The van der Waals surface area contributed by atoms with Gasteiger partial charge in [0.2, 0.25) is 0 Å². The van der Waals surface area contributed by atoms with Crippen LogP contribution in [0.3, 0.4) is 0 Å². The van der Waals surface area contributed by atoms with Crippen LogP contribution in [0.5, 0.6) is 0 Å². The number of furan rings is 1. The van der Waals surface area contributed by atoms with Gasteiger partial charge in [-0.2, -0.15) is 0 Å². The molecule has 0 aliphatic heterocycles. The zero-order valence-electron chi connectivity index (χ0n) is 31.1. The molecule has 0 aliphatic rings. The van der Waals surface area contributed by atoms with Gasteiger partial charge in [0.25, 0.3) is 0 Å². The molecule has 0 amide bonds. The Morgan fingerprint density at radius 1 is 0.328 bits per heavy atom. The van der Waals surface area contributed by atoms with E-state index in [1.165, 1.54) is 58.4 Å². The maximum Gasteiger partial charge on any atom is 0.164 e. The van der Waals surface area contributed by atoms with Gasteiger partial charge < -0.3 is 4.42 Å². The second kappa shape index (κ2) is 13.1. The molecule has 9 aromatic carbocycles. The number of aromatic nitrogens is 3. The van der Waals surface area contributed by atoms with Gasteiger partial charge in [-0.05, 0) is 74.1 Å². The van der Waals surface area contributed by atoms with Crippen molar-refractivity contribution in [2.24, 2.45) is 0 Å². The van der Waals surface area contributed by atoms with E-state index < -0.39 is 0 Å². The fourth-order valence-corrected chi connectivity index (χ4v) is 9.82. The number of rotatable bonds is 5. The van der Waals surface area contributed by atoms with Crippen molar-refractivity contribution in [3.63, 3.8) is 0 Å². The summed E-state index contributed by atoms with van der Waals surface area (Å²) in [6.45, 7) is 0. The van der Waals surface area contributed by atoms with Crippen molar-refractivity contribution >= 4 is 75.0 Å². The van der Waals surface area contributed by atoms with Crippen molar-refractivity contribution in [3.8, 4) is 56.4 Å². The monoisotopic (exact) mass is 757 g/mol. The first-order valence-corrected chi connectivity index (χ1v) is 20.2. The first-order valence-electron chi connectivity index (χ1n) is 19.4. The van der Waals surface area contributed by atoms with E-state index in [1.54, 1.807) is 11.3 Å². The molecule has 3 heterocycles. The van der Waals surface area contributed by atoms with Gasteiger partial charge >= 0.3 is 0 Å². The molecule has 3 aromatic heterocycles. The number of fused-ring (bicyclic) bond motifs is 8. The van der Waals surface area contributed by atoms with Gasteiger partial charge in [0, 0.05) is 47.6 Å². The summed E-state index contributed by atoms with van der Waals surface area (Å²) in [6.07, 6.45) is 0. The summed E-state index contributed by atoms with van der Waals surface area (Å²) >= 11 is 1.81. The smallest absolute Gasteiger partial charge is 0.164 e. The minimum absolute atomic E-state index is 0.602. The lowest BCUT2D eigenvalue weighted by atomic mass is 9.94. The van der Waals surface area contributed by atoms with Crippen LogP contribution in [0.4, 0.5) is 0 Å². The van der Waals surface area contributed by atoms with Crippen LogP contribution in [0.1, 0.15) is 0 Å². The zero-order valence-corrected chi connectivity index (χ0v) is 31.9. The molecule has 58 heavy (non-hydrogen) atoms. The predicted molar refractivity (Wildman–Crippen MR) is 242 cm³/mol. The SMILES string of the molecule is c1ccc(-c2nc(-c3ccc4c(c3)sc3cccc(-c5cccc6ccccc56)c34)nc(-c3cccc4oc5cc(-c6cccc7ccccc67)ccc5c34)n2)cc1. The molecule has 0 saturated carbocycles. The van der Waals surface area contributed by atoms with Crippen molar-refractivity contribution in [2.45, 2.75) is 0 Å². The third-order valence-corrected chi connectivity index (χ3v) is 12.5. The van der Waals surface area contributed by atoms with E-state index in [0.717, 1.165) is 44.2 Å². The molecule has 0 saturated heterocycles. The lowest BCUT2D eigenvalue weighted by Gasteiger charge is -2.10. The summed E-state index contributed by atoms with van der Waals surface area (Å²) < 4.78 is 9.03. The van der Waals surface area contributed by atoms with Crippen LogP contribution >= 0.6 is 11.3 Å². The predicted octanol–water partition coefficient (Wildman–Crippen LogP) is 14.8. The quantitative estimate of drug-likeness (QED) is 0.175. The molecule has 270 valence electrons. The molecular weight excluding hydrogens is 727 g/mol. The van der Waals surface area contributed by atoms with Crippen LogP contribution < -0.4 is 0 Å². The zero-order chi connectivity index (χ0) is 38.2. The van der Waals surface area contributed by atoms with Crippen LogP contribution in [-0.4, -0.2) is 15.0 Å². The second-order valence-corrected chi connectivity index (χ2v) is 15.8. The molecule has 4 nitrogen and oxygen atoms in total. The molecule has 5 heteroatoms. The average molecular weight is 758 g/mol. The maximum atomic E-state index is 6.59. The highest BCUT2D eigenvalue weighted by Crippen LogP contribution is 2.44. The van der Waals surface area contributed by atoms with Gasteiger partial charge in [-0.25, -0.2) is 15.0 Å². The Labute approximate surface area is 337 Å². The minimum Gasteiger partial charge on any atom is -0.456 e. The van der Waals surface area contributed by atoms with E-state index in [1.807, 2.05) is 30.3 Å². The fraction of sp³-hybridized carbons (Fsp3) is 0. The molecule has 0 unspecified atom stereocenters. The fourth-order valence-electron chi connectivity index (χ4n) is 8.65. The number of thiophene rings is 1. The Hall–Kier alpha value is -7.47. The Bertz CT molecular complexity index is 3570. The van der Waals surface area contributed by atoms with Crippen LogP contribution in [0.15, 0.2) is 192 Å². The van der Waals surface area contributed by atoms with Crippen molar-refractivity contribution < 1.29 is 4.42 Å². The van der Waals surface area contributed by atoms with Gasteiger partial charge in [0.05, 0.1) is 0 Å². The van der Waals surface area contributed by atoms with E-state index in [9.17, 15) is 0 Å². The summed E-state index contributed by atoms with van der Waals surface area (Å²) in [7, 11) is 0. The molecular formula is C53H31N3OS. The molecule has 0 aliphatic carbocycles. The Morgan fingerprint density at radius 3 is 1.76 bits per heavy atom. The topological polar surface area (TPSA) is 51.8 Å². The third-order valence-electron chi connectivity index (χ3n) is 11.3. The van der Waals surface area contributed by atoms with E-state index >= 15 is 0 Å². The van der Waals surface area contributed by atoms with E-state index in [0.29, 0.717) is 17.5 Å². The molecule has 0 atom stereocenters.